The second-order valence-corrected chi connectivity index (χ2v) is 10.1. The molecule has 6 nitrogen and oxygen atoms in total. The SMILES string of the molecule is Cl.O=S(=O)(c1c(Nc2ccc(I)cc2F)sc2ncccc12)N1CCNCC1. The van der Waals surface area contributed by atoms with Gasteiger partial charge in [0.2, 0.25) is 10.0 Å². The first-order valence-electron chi connectivity index (χ1n) is 8.27. The van der Waals surface area contributed by atoms with Crippen LogP contribution in [0.1, 0.15) is 0 Å². The first-order chi connectivity index (χ1) is 13.0. The lowest BCUT2D eigenvalue weighted by molar-refractivity contribution is 0.361. The molecule has 1 aliphatic rings. The number of aromatic nitrogens is 1. The number of halogens is 3. The molecule has 1 aromatic carbocycles. The summed E-state index contributed by atoms with van der Waals surface area (Å²) < 4.78 is 43.3. The topological polar surface area (TPSA) is 74.3 Å². The van der Waals surface area contributed by atoms with Gasteiger partial charge in [0.25, 0.3) is 0 Å². The van der Waals surface area contributed by atoms with Crippen molar-refractivity contribution in [2.45, 2.75) is 4.90 Å². The number of pyridine rings is 1. The highest BCUT2D eigenvalue weighted by Gasteiger charge is 2.32. The van der Waals surface area contributed by atoms with Crippen LogP contribution in [0.5, 0.6) is 0 Å². The number of thiophene rings is 1. The van der Waals surface area contributed by atoms with E-state index in [4.69, 9.17) is 0 Å². The lowest BCUT2D eigenvalue weighted by Gasteiger charge is -2.27. The molecule has 150 valence electrons. The molecular formula is C17H17ClFIN4O2S2. The number of nitrogens with one attached hydrogen (secondary N) is 2. The molecule has 0 amide bonds. The summed E-state index contributed by atoms with van der Waals surface area (Å²) >= 11 is 3.24. The summed E-state index contributed by atoms with van der Waals surface area (Å²) in [7, 11) is -3.74. The van der Waals surface area contributed by atoms with Crippen LogP contribution in [-0.2, 0) is 10.0 Å². The molecule has 2 aromatic heterocycles. The fourth-order valence-corrected chi connectivity index (χ4v) is 6.53. The lowest BCUT2D eigenvalue weighted by atomic mass is 10.3. The summed E-state index contributed by atoms with van der Waals surface area (Å²) in [6.45, 7) is 2.01. The summed E-state index contributed by atoms with van der Waals surface area (Å²) in [5.41, 5.74) is 0.235. The van der Waals surface area contributed by atoms with Gasteiger partial charge in [-0.3, -0.25) is 0 Å². The minimum absolute atomic E-state index is 0. The maximum absolute atomic E-state index is 14.3. The number of nitrogens with zero attached hydrogens (tertiary/aromatic N) is 2. The van der Waals surface area contributed by atoms with Crippen molar-refractivity contribution >= 4 is 77.3 Å². The van der Waals surface area contributed by atoms with E-state index in [0.717, 1.165) is 3.57 Å². The quantitative estimate of drug-likeness (QED) is 0.480. The van der Waals surface area contributed by atoms with Crippen LogP contribution in [0, 0.1) is 9.39 Å². The lowest BCUT2D eigenvalue weighted by Crippen LogP contribution is -2.46. The van der Waals surface area contributed by atoms with Crippen LogP contribution in [0.15, 0.2) is 41.4 Å². The Labute approximate surface area is 186 Å². The molecule has 0 saturated carbocycles. The van der Waals surface area contributed by atoms with Crippen molar-refractivity contribution in [2.75, 3.05) is 31.5 Å². The predicted octanol–water partition coefficient (Wildman–Crippen LogP) is 3.80. The van der Waals surface area contributed by atoms with E-state index in [2.05, 4.69) is 15.6 Å². The van der Waals surface area contributed by atoms with Crippen LogP contribution in [0.25, 0.3) is 10.2 Å². The fourth-order valence-electron chi connectivity index (χ4n) is 2.98. The zero-order valence-electron chi connectivity index (χ0n) is 14.5. The Kier molecular flexibility index (Phi) is 6.77. The number of fused-ring (bicyclic) bond motifs is 1. The average Bonchev–Trinajstić information content (AvgIpc) is 3.03. The largest absolute Gasteiger partial charge is 0.344 e. The Balaban J connectivity index is 0.00000225. The zero-order valence-corrected chi connectivity index (χ0v) is 19.1. The van der Waals surface area contributed by atoms with Gasteiger partial charge in [-0.15, -0.1) is 12.4 Å². The van der Waals surface area contributed by atoms with E-state index in [9.17, 15) is 12.8 Å². The van der Waals surface area contributed by atoms with E-state index >= 15 is 0 Å². The van der Waals surface area contributed by atoms with Crippen LogP contribution >= 0.6 is 46.3 Å². The number of hydrogen-bond donors (Lipinski definition) is 2. The minimum Gasteiger partial charge on any atom is -0.344 e. The van der Waals surface area contributed by atoms with Gasteiger partial charge >= 0.3 is 0 Å². The monoisotopic (exact) mass is 554 g/mol. The van der Waals surface area contributed by atoms with Crippen molar-refractivity contribution < 1.29 is 12.8 Å². The Morgan fingerprint density at radius 1 is 1.25 bits per heavy atom. The normalized spacial score (nSPS) is 15.4. The van der Waals surface area contributed by atoms with Gasteiger partial charge in [-0.05, 0) is 52.9 Å². The Bertz CT molecular complexity index is 1100. The second kappa shape index (κ2) is 8.76. The summed E-state index contributed by atoms with van der Waals surface area (Å²) in [6, 6.07) is 8.22. The molecule has 4 rings (SSSR count). The number of rotatable bonds is 4. The standard InChI is InChI=1S/C17H16FIN4O2S2.ClH/c18-13-10-11(19)3-4-14(13)22-17-15(12-2-1-5-21-16(12)26-17)27(24,25)23-8-6-20-7-9-23;/h1-5,10,20,22H,6-9H2;1H. The molecular weight excluding hydrogens is 538 g/mol. The van der Waals surface area contributed by atoms with E-state index in [0.29, 0.717) is 41.4 Å². The third-order valence-corrected chi connectivity index (χ3v) is 8.09. The number of benzene rings is 1. The molecule has 1 fully saturated rings. The number of anilines is 2. The van der Waals surface area contributed by atoms with Crippen molar-refractivity contribution in [3.05, 3.63) is 45.9 Å². The summed E-state index contributed by atoms with van der Waals surface area (Å²) in [6.07, 6.45) is 1.62. The predicted molar refractivity (Wildman–Crippen MR) is 121 cm³/mol. The van der Waals surface area contributed by atoms with Gasteiger partial charge in [-0.1, -0.05) is 11.3 Å². The highest BCUT2D eigenvalue weighted by Crippen LogP contribution is 2.41. The maximum atomic E-state index is 14.3. The van der Waals surface area contributed by atoms with Crippen molar-refractivity contribution in [1.82, 2.24) is 14.6 Å². The zero-order chi connectivity index (χ0) is 19.0. The molecule has 0 atom stereocenters. The molecule has 2 N–H and O–H groups in total. The van der Waals surface area contributed by atoms with Crippen LogP contribution in [0.4, 0.5) is 15.1 Å². The van der Waals surface area contributed by atoms with Gasteiger partial charge in [0.15, 0.2) is 0 Å². The van der Waals surface area contributed by atoms with Crippen molar-refractivity contribution in [1.29, 1.82) is 0 Å². The number of piperazine rings is 1. The van der Waals surface area contributed by atoms with E-state index in [1.165, 1.54) is 21.7 Å². The molecule has 1 saturated heterocycles. The third kappa shape index (κ3) is 4.12. The summed E-state index contributed by atoms with van der Waals surface area (Å²) in [5.74, 6) is -0.433. The summed E-state index contributed by atoms with van der Waals surface area (Å²) in [4.78, 5) is 5.05. The highest BCUT2D eigenvalue weighted by atomic mass is 127. The molecule has 0 unspecified atom stereocenters. The van der Waals surface area contributed by atoms with E-state index in [1.807, 2.05) is 22.6 Å². The van der Waals surface area contributed by atoms with Gasteiger partial charge in [0, 0.05) is 41.3 Å². The smallest absolute Gasteiger partial charge is 0.246 e. The van der Waals surface area contributed by atoms with E-state index in [-0.39, 0.29) is 23.0 Å². The molecule has 1 aliphatic heterocycles. The van der Waals surface area contributed by atoms with E-state index in [1.54, 1.807) is 30.5 Å². The minimum atomic E-state index is -3.74. The van der Waals surface area contributed by atoms with E-state index < -0.39 is 15.8 Å². The Morgan fingerprint density at radius 2 is 2.00 bits per heavy atom. The van der Waals surface area contributed by atoms with Gasteiger partial charge in [-0.2, -0.15) is 4.31 Å². The first kappa shape index (κ1) is 21.7. The molecule has 3 heterocycles. The summed E-state index contributed by atoms with van der Waals surface area (Å²) in [5, 5.41) is 7.06. The second-order valence-electron chi connectivity index (χ2n) is 6.02. The molecule has 3 aromatic rings. The highest BCUT2D eigenvalue weighted by molar-refractivity contribution is 14.1. The molecule has 0 radical (unpaired) electrons. The number of sulfonamides is 1. The van der Waals surface area contributed by atoms with Crippen LogP contribution in [-0.4, -0.2) is 43.9 Å². The van der Waals surface area contributed by atoms with Crippen molar-refractivity contribution in [2.24, 2.45) is 0 Å². The molecule has 11 heteroatoms. The average molecular weight is 555 g/mol. The molecule has 0 spiro atoms. The maximum Gasteiger partial charge on any atom is 0.246 e. The number of hydrogen-bond acceptors (Lipinski definition) is 6. The van der Waals surface area contributed by atoms with Gasteiger partial charge in [0.05, 0.1) is 5.69 Å². The van der Waals surface area contributed by atoms with Gasteiger partial charge in [0.1, 0.15) is 20.5 Å². The Morgan fingerprint density at radius 3 is 2.71 bits per heavy atom. The third-order valence-electron chi connectivity index (χ3n) is 4.27. The van der Waals surface area contributed by atoms with Crippen molar-refractivity contribution in [3.63, 3.8) is 0 Å². The Hall–Kier alpha value is -1.05. The molecule has 28 heavy (non-hydrogen) atoms. The van der Waals surface area contributed by atoms with Gasteiger partial charge < -0.3 is 10.6 Å². The first-order valence-corrected chi connectivity index (χ1v) is 11.6. The fraction of sp³-hybridized carbons (Fsp3) is 0.235. The van der Waals surface area contributed by atoms with Crippen LogP contribution in [0.3, 0.4) is 0 Å². The van der Waals surface area contributed by atoms with Crippen molar-refractivity contribution in [3.8, 4) is 0 Å². The van der Waals surface area contributed by atoms with Crippen LogP contribution in [0.2, 0.25) is 0 Å². The van der Waals surface area contributed by atoms with Gasteiger partial charge in [-0.25, -0.2) is 17.8 Å². The van der Waals surface area contributed by atoms with Crippen LogP contribution < -0.4 is 10.6 Å². The molecule has 0 bridgehead atoms. The molecule has 0 aliphatic carbocycles.